The minimum Gasteiger partial charge on any atom is -0.387 e. The maximum Gasteiger partial charge on any atom is 0.269 e. The third-order valence-corrected chi connectivity index (χ3v) is 2.66. The maximum atomic E-state index is 10.7. The summed E-state index contributed by atoms with van der Waals surface area (Å²) in [5.41, 5.74) is 0.266. The van der Waals surface area contributed by atoms with E-state index < -0.39 is 11.0 Å². The van der Waals surface area contributed by atoms with Gasteiger partial charge in [-0.15, -0.1) is 0 Å². The molecule has 1 rings (SSSR count). The summed E-state index contributed by atoms with van der Waals surface area (Å²) in [7, 11) is 0. The first-order valence-corrected chi connectivity index (χ1v) is 6.58. The molecule has 1 unspecified atom stereocenters. The van der Waals surface area contributed by atoms with Gasteiger partial charge in [-0.1, -0.05) is 12.1 Å². The Morgan fingerprint density at radius 2 is 2.15 bits per heavy atom. The van der Waals surface area contributed by atoms with E-state index in [2.05, 4.69) is 10.6 Å². The summed E-state index contributed by atoms with van der Waals surface area (Å²) < 4.78 is 0. The smallest absolute Gasteiger partial charge is 0.269 e. The van der Waals surface area contributed by atoms with Crippen LogP contribution in [0.5, 0.6) is 0 Å². The Morgan fingerprint density at radius 3 is 2.70 bits per heavy atom. The summed E-state index contributed by atoms with van der Waals surface area (Å²) in [4.78, 5) is 10.2. The lowest BCUT2D eigenvalue weighted by Crippen LogP contribution is -2.47. The van der Waals surface area contributed by atoms with Gasteiger partial charge in [0.1, 0.15) is 0 Å². The van der Waals surface area contributed by atoms with E-state index in [-0.39, 0.29) is 17.8 Å². The Morgan fingerprint density at radius 1 is 1.50 bits per heavy atom. The first-order chi connectivity index (χ1) is 9.19. The van der Waals surface area contributed by atoms with E-state index in [1.165, 1.54) is 12.1 Å². The average molecular weight is 297 g/mol. The number of nitro benzene ring substituents is 1. The van der Waals surface area contributed by atoms with Crippen LogP contribution in [-0.2, 0) is 0 Å². The van der Waals surface area contributed by atoms with E-state index in [1.807, 2.05) is 20.8 Å². The standard InChI is InChI=1S/C13H19N3O3S/c1-13(2,3)15-12(20)14-8-11(17)9-5-4-6-10(7-9)16(18)19/h4-7,11,17H,8H2,1-3H3,(H2,14,15,20). The van der Waals surface area contributed by atoms with Gasteiger partial charge in [0.25, 0.3) is 5.69 Å². The Kier molecular flexibility index (Phi) is 5.41. The number of non-ortho nitro benzene ring substituents is 1. The van der Waals surface area contributed by atoms with E-state index in [1.54, 1.807) is 12.1 Å². The molecule has 0 aliphatic carbocycles. The van der Waals surface area contributed by atoms with Crippen molar-refractivity contribution < 1.29 is 10.0 Å². The molecule has 0 fully saturated rings. The molecule has 0 bridgehead atoms. The minimum atomic E-state index is -0.866. The number of nitrogens with zero attached hydrogens (tertiary/aromatic N) is 1. The fraction of sp³-hybridized carbons (Fsp3) is 0.462. The van der Waals surface area contributed by atoms with Crippen molar-refractivity contribution in [3.05, 3.63) is 39.9 Å². The molecule has 0 aromatic heterocycles. The maximum absolute atomic E-state index is 10.7. The van der Waals surface area contributed by atoms with E-state index in [0.29, 0.717) is 10.7 Å². The molecule has 0 aliphatic heterocycles. The second kappa shape index (κ2) is 6.62. The van der Waals surface area contributed by atoms with Gasteiger partial charge in [0.05, 0.1) is 11.0 Å². The largest absolute Gasteiger partial charge is 0.387 e. The van der Waals surface area contributed by atoms with Crippen LogP contribution in [0.4, 0.5) is 5.69 Å². The van der Waals surface area contributed by atoms with Gasteiger partial charge in [0.15, 0.2) is 5.11 Å². The molecule has 7 heteroatoms. The van der Waals surface area contributed by atoms with Gasteiger partial charge in [0, 0.05) is 24.2 Å². The molecule has 1 aromatic rings. The van der Waals surface area contributed by atoms with Crippen LogP contribution in [0.3, 0.4) is 0 Å². The summed E-state index contributed by atoms with van der Waals surface area (Å²) in [6, 6.07) is 5.92. The highest BCUT2D eigenvalue weighted by Crippen LogP contribution is 2.18. The lowest BCUT2D eigenvalue weighted by molar-refractivity contribution is -0.385. The molecule has 0 saturated carbocycles. The van der Waals surface area contributed by atoms with Crippen molar-refractivity contribution in [2.75, 3.05) is 6.54 Å². The highest BCUT2D eigenvalue weighted by Gasteiger charge is 2.14. The molecule has 3 N–H and O–H groups in total. The first kappa shape index (κ1) is 16.3. The quantitative estimate of drug-likeness (QED) is 0.447. The molecule has 0 saturated heterocycles. The number of benzene rings is 1. The van der Waals surface area contributed by atoms with Crippen LogP contribution in [0.2, 0.25) is 0 Å². The first-order valence-electron chi connectivity index (χ1n) is 6.17. The molecule has 0 amide bonds. The van der Waals surface area contributed by atoms with Crippen molar-refractivity contribution in [2.24, 2.45) is 0 Å². The normalized spacial score (nSPS) is 12.6. The molecule has 1 aromatic carbocycles. The molecule has 1 atom stereocenters. The molecule has 0 spiro atoms. The van der Waals surface area contributed by atoms with Gasteiger partial charge >= 0.3 is 0 Å². The highest BCUT2D eigenvalue weighted by atomic mass is 32.1. The molecule has 0 aliphatic rings. The average Bonchev–Trinajstić information content (AvgIpc) is 2.34. The van der Waals surface area contributed by atoms with Crippen molar-refractivity contribution in [2.45, 2.75) is 32.4 Å². The number of nitro groups is 1. The molecule has 0 radical (unpaired) electrons. The summed E-state index contributed by atoms with van der Waals surface area (Å²) in [5, 5.41) is 27.1. The van der Waals surface area contributed by atoms with Gasteiger partial charge in [0.2, 0.25) is 0 Å². The van der Waals surface area contributed by atoms with Gasteiger partial charge in [-0.3, -0.25) is 10.1 Å². The summed E-state index contributed by atoms with van der Waals surface area (Å²) in [6.07, 6.45) is -0.866. The number of hydrogen-bond acceptors (Lipinski definition) is 4. The van der Waals surface area contributed by atoms with Crippen molar-refractivity contribution in [1.82, 2.24) is 10.6 Å². The molecule has 110 valence electrons. The third kappa shape index (κ3) is 5.50. The zero-order valence-corrected chi connectivity index (χ0v) is 12.5. The monoisotopic (exact) mass is 297 g/mol. The second-order valence-corrected chi connectivity index (χ2v) is 5.86. The minimum absolute atomic E-state index is 0.0445. The van der Waals surface area contributed by atoms with E-state index in [4.69, 9.17) is 12.2 Å². The predicted molar refractivity (Wildman–Crippen MR) is 81.5 cm³/mol. The van der Waals surface area contributed by atoms with Crippen LogP contribution in [0.15, 0.2) is 24.3 Å². The highest BCUT2D eigenvalue weighted by molar-refractivity contribution is 7.80. The lowest BCUT2D eigenvalue weighted by atomic mass is 10.1. The van der Waals surface area contributed by atoms with Gasteiger partial charge < -0.3 is 15.7 Å². The number of aliphatic hydroxyl groups is 1. The summed E-state index contributed by atoms with van der Waals surface area (Å²) >= 11 is 5.10. The zero-order valence-electron chi connectivity index (χ0n) is 11.7. The van der Waals surface area contributed by atoms with Crippen molar-refractivity contribution in [1.29, 1.82) is 0 Å². The zero-order chi connectivity index (χ0) is 15.3. The van der Waals surface area contributed by atoms with Crippen molar-refractivity contribution >= 4 is 23.0 Å². The van der Waals surface area contributed by atoms with Crippen LogP contribution in [-0.4, -0.2) is 27.2 Å². The fourth-order valence-corrected chi connectivity index (χ4v) is 1.93. The molecule has 6 nitrogen and oxygen atoms in total. The van der Waals surface area contributed by atoms with Crippen LogP contribution in [0.25, 0.3) is 0 Å². The third-order valence-electron chi connectivity index (χ3n) is 2.41. The number of thiocarbonyl (C=S) groups is 1. The molecule has 0 heterocycles. The van der Waals surface area contributed by atoms with E-state index in [9.17, 15) is 15.2 Å². The molecule has 20 heavy (non-hydrogen) atoms. The van der Waals surface area contributed by atoms with E-state index >= 15 is 0 Å². The Balaban J connectivity index is 2.59. The fourth-order valence-electron chi connectivity index (χ4n) is 1.54. The SMILES string of the molecule is CC(C)(C)NC(=S)NCC(O)c1cccc([N+](=O)[O-])c1. The summed E-state index contributed by atoms with van der Waals surface area (Å²) in [6.45, 7) is 6.09. The predicted octanol–water partition coefficient (Wildman–Crippen LogP) is 1.89. The number of hydrogen-bond donors (Lipinski definition) is 3. The van der Waals surface area contributed by atoms with Crippen molar-refractivity contribution in [3.63, 3.8) is 0 Å². The van der Waals surface area contributed by atoms with Crippen LogP contribution < -0.4 is 10.6 Å². The number of aliphatic hydroxyl groups excluding tert-OH is 1. The van der Waals surface area contributed by atoms with Gasteiger partial charge in [-0.2, -0.15) is 0 Å². The van der Waals surface area contributed by atoms with Crippen LogP contribution in [0.1, 0.15) is 32.4 Å². The van der Waals surface area contributed by atoms with Crippen LogP contribution >= 0.6 is 12.2 Å². The molecular formula is C13H19N3O3S. The summed E-state index contributed by atoms with van der Waals surface area (Å²) in [5.74, 6) is 0. The number of rotatable bonds is 4. The topological polar surface area (TPSA) is 87.4 Å². The van der Waals surface area contributed by atoms with E-state index in [0.717, 1.165) is 0 Å². The Labute approximate surface area is 123 Å². The molecular weight excluding hydrogens is 278 g/mol. The number of nitrogens with one attached hydrogen (secondary N) is 2. The Hall–Kier alpha value is -1.73. The van der Waals surface area contributed by atoms with Crippen molar-refractivity contribution in [3.8, 4) is 0 Å². The van der Waals surface area contributed by atoms with Crippen LogP contribution in [0, 0.1) is 10.1 Å². The lowest BCUT2D eigenvalue weighted by Gasteiger charge is -2.23. The second-order valence-electron chi connectivity index (χ2n) is 5.45. The van der Waals surface area contributed by atoms with Gasteiger partial charge in [-0.05, 0) is 38.6 Å². The van der Waals surface area contributed by atoms with Gasteiger partial charge in [-0.25, -0.2) is 0 Å². The Bertz CT molecular complexity index is 500.